The molecular formula is C11H8ClIrN. The van der Waals surface area contributed by atoms with Crippen molar-refractivity contribution < 1.29 is 20.1 Å². The monoisotopic (exact) mass is 382 g/mol. The van der Waals surface area contributed by atoms with Crippen LogP contribution in [0.5, 0.6) is 0 Å². The number of benzene rings is 1. The summed E-state index contributed by atoms with van der Waals surface area (Å²) in [5.74, 6) is 0. The van der Waals surface area contributed by atoms with Crippen molar-refractivity contribution in [1.82, 2.24) is 4.98 Å². The fraction of sp³-hybridized carbons (Fsp3) is 0. The van der Waals surface area contributed by atoms with Crippen molar-refractivity contribution in [2.75, 3.05) is 0 Å². The second-order valence-electron chi connectivity index (χ2n) is 2.70. The number of aromatic nitrogens is 1. The zero-order chi connectivity index (χ0) is 9.10. The van der Waals surface area contributed by atoms with Gasteiger partial charge in [0.25, 0.3) is 0 Å². The molecule has 0 fully saturated rings. The topological polar surface area (TPSA) is 12.9 Å². The molecule has 73 valence electrons. The molecule has 1 heterocycles. The molecule has 0 aliphatic carbocycles. The largest absolute Gasteiger partial charge is 0.255 e. The molecule has 14 heavy (non-hydrogen) atoms. The number of halogens is 1. The molecule has 0 amide bonds. The van der Waals surface area contributed by atoms with Gasteiger partial charge in [0.05, 0.1) is 10.7 Å². The molecular weight excluding hydrogens is 374 g/mol. The Balaban J connectivity index is 0.000000980. The Hall–Kier alpha value is -0.691. The molecule has 0 saturated heterocycles. The van der Waals surface area contributed by atoms with Gasteiger partial charge in [-0.15, -0.1) is 0 Å². The van der Waals surface area contributed by atoms with Crippen molar-refractivity contribution in [3.63, 3.8) is 0 Å². The van der Waals surface area contributed by atoms with Gasteiger partial charge in [-0.25, -0.2) is 0 Å². The van der Waals surface area contributed by atoms with Crippen LogP contribution in [0.2, 0.25) is 5.02 Å². The summed E-state index contributed by atoms with van der Waals surface area (Å²) in [5.41, 5.74) is 1.89. The van der Waals surface area contributed by atoms with Crippen LogP contribution in [0, 0.1) is 0 Å². The van der Waals surface area contributed by atoms with Gasteiger partial charge in [-0.2, -0.15) is 0 Å². The standard InChI is InChI=1S/C11H8ClN.Ir/c12-10-7-4-8-13-11(10)9-5-2-1-3-6-9;/h1-8H;. The molecule has 0 saturated carbocycles. The third-order valence-corrected chi connectivity index (χ3v) is 2.11. The van der Waals surface area contributed by atoms with Gasteiger partial charge in [-0.1, -0.05) is 41.9 Å². The van der Waals surface area contributed by atoms with E-state index in [1.807, 2.05) is 42.5 Å². The maximum atomic E-state index is 6.00. The maximum Gasteiger partial charge on any atom is 0.0888 e. The molecule has 0 aliphatic heterocycles. The van der Waals surface area contributed by atoms with Crippen LogP contribution in [0.25, 0.3) is 11.3 Å². The fourth-order valence-electron chi connectivity index (χ4n) is 1.19. The average Bonchev–Trinajstić information content (AvgIpc) is 2.20. The summed E-state index contributed by atoms with van der Waals surface area (Å²) in [6.45, 7) is 0. The molecule has 0 N–H and O–H groups in total. The number of pyridine rings is 1. The molecule has 0 bridgehead atoms. The normalized spacial score (nSPS) is 9.21. The first-order valence-corrected chi connectivity index (χ1v) is 4.41. The van der Waals surface area contributed by atoms with Gasteiger partial charge in [-0.3, -0.25) is 4.98 Å². The first kappa shape index (κ1) is 11.4. The zero-order valence-corrected chi connectivity index (χ0v) is 10.4. The zero-order valence-electron chi connectivity index (χ0n) is 7.28. The second-order valence-corrected chi connectivity index (χ2v) is 3.11. The Kier molecular flexibility index (Phi) is 4.27. The third kappa shape index (κ3) is 2.42. The molecule has 1 radical (unpaired) electrons. The number of hydrogen-bond acceptors (Lipinski definition) is 1. The van der Waals surface area contributed by atoms with Gasteiger partial charge in [0.2, 0.25) is 0 Å². The maximum absolute atomic E-state index is 6.00. The first-order valence-electron chi connectivity index (χ1n) is 4.04. The van der Waals surface area contributed by atoms with Gasteiger partial charge in [0.1, 0.15) is 0 Å². The molecule has 0 unspecified atom stereocenters. The van der Waals surface area contributed by atoms with Gasteiger partial charge >= 0.3 is 0 Å². The summed E-state index contributed by atoms with van der Waals surface area (Å²) in [5, 5.41) is 0.689. The number of rotatable bonds is 1. The minimum atomic E-state index is 0. The Labute approximate surface area is 101 Å². The Morgan fingerprint density at radius 3 is 2.29 bits per heavy atom. The molecule has 2 rings (SSSR count). The molecule has 2 aromatic rings. The Bertz CT molecular complexity index is 403. The van der Waals surface area contributed by atoms with Gasteiger partial charge < -0.3 is 0 Å². The smallest absolute Gasteiger partial charge is 0.0888 e. The van der Waals surface area contributed by atoms with Crippen LogP contribution in [-0.2, 0) is 20.1 Å². The van der Waals surface area contributed by atoms with Crippen molar-refractivity contribution in [1.29, 1.82) is 0 Å². The predicted molar refractivity (Wildman–Crippen MR) is 54.7 cm³/mol. The van der Waals surface area contributed by atoms with E-state index in [1.165, 1.54) is 0 Å². The second kappa shape index (κ2) is 5.25. The quantitative estimate of drug-likeness (QED) is 0.737. The van der Waals surface area contributed by atoms with Crippen molar-refractivity contribution in [2.45, 2.75) is 0 Å². The molecule has 1 aromatic carbocycles. The van der Waals surface area contributed by atoms with Crippen LogP contribution in [0.4, 0.5) is 0 Å². The summed E-state index contributed by atoms with van der Waals surface area (Å²) >= 11 is 6.00. The summed E-state index contributed by atoms with van der Waals surface area (Å²) in [6, 6.07) is 13.6. The summed E-state index contributed by atoms with van der Waals surface area (Å²) in [4.78, 5) is 4.22. The predicted octanol–water partition coefficient (Wildman–Crippen LogP) is 3.40. The van der Waals surface area contributed by atoms with Crippen LogP contribution in [0.15, 0.2) is 48.7 Å². The van der Waals surface area contributed by atoms with Crippen molar-refractivity contribution in [3.8, 4) is 11.3 Å². The molecule has 0 spiro atoms. The minimum absolute atomic E-state index is 0. The molecule has 1 aromatic heterocycles. The van der Waals surface area contributed by atoms with E-state index >= 15 is 0 Å². The minimum Gasteiger partial charge on any atom is -0.255 e. The van der Waals surface area contributed by atoms with Crippen molar-refractivity contribution >= 4 is 11.6 Å². The van der Waals surface area contributed by atoms with E-state index in [0.717, 1.165) is 11.3 Å². The van der Waals surface area contributed by atoms with Crippen LogP contribution in [-0.4, -0.2) is 4.98 Å². The van der Waals surface area contributed by atoms with Crippen LogP contribution < -0.4 is 0 Å². The first-order chi connectivity index (χ1) is 6.38. The van der Waals surface area contributed by atoms with Crippen LogP contribution >= 0.6 is 11.6 Å². The Morgan fingerprint density at radius 1 is 0.929 bits per heavy atom. The third-order valence-electron chi connectivity index (χ3n) is 1.81. The molecule has 1 nitrogen and oxygen atoms in total. The molecule has 3 heteroatoms. The molecule has 0 aliphatic rings. The van der Waals surface area contributed by atoms with Crippen LogP contribution in [0.3, 0.4) is 0 Å². The van der Waals surface area contributed by atoms with E-state index in [-0.39, 0.29) is 20.1 Å². The summed E-state index contributed by atoms with van der Waals surface area (Å²) < 4.78 is 0. The van der Waals surface area contributed by atoms with E-state index in [2.05, 4.69) is 4.98 Å². The molecule has 0 atom stereocenters. The van der Waals surface area contributed by atoms with Crippen molar-refractivity contribution in [3.05, 3.63) is 53.7 Å². The van der Waals surface area contributed by atoms with E-state index in [0.29, 0.717) is 5.02 Å². The summed E-state index contributed by atoms with van der Waals surface area (Å²) in [7, 11) is 0. The summed E-state index contributed by atoms with van der Waals surface area (Å²) in [6.07, 6.45) is 1.74. The SMILES string of the molecule is Clc1cccnc1-c1ccccc1.[Ir]. The van der Waals surface area contributed by atoms with Gasteiger partial charge in [0, 0.05) is 31.9 Å². The Morgan fingerprint density at radius 2 is 1.64 bits per heavy atom. The average molecular weight is 382 g/mol. The van der Waals surface area contributed by atoms with Crippen LogP contribution in [0.1, 0.15) is 0 Å². The van der Waals surface area contributed by atoms with Gasteiger partial charge in [-0.05, 0) is 12.1 Å². The van der Waals surface area contributed by atoms with E-state index in [1.54, 1.807) is 6.20 Å². The fourth-order valence-corrected chi connectivity index (χ4v) is 1.42. The van der Waals surface area contributed by atoms with E-state index < -0.39 is 0 Å². The number of nitrogens with zero attached hydrogens (tertiary/aromatic N) is 1. The number of hydrogen-bond donors (Lipinski definition) is 0. The van der Waals surface area contributed by atoms with E-state index in [4.69, 9.17) is 11.6 Å². The van der Waals surface area contributed by atoms with Crippen molar-refractivity contribution in [2.24, 2.45) is 0 Å². The van der Waals surface area contributed by atoms with E-state index in [9.17, 15) is 0 Å². The van der Waals surface area contributed by atoms with Gasteiger partial charge in [0.15, 0.2) is 0 Å².